The van der Waals surface area contributed by atoms with Crippen molar-refractivity contribution in [3.05, 3.63) is 72.3 Å². The highest BCUT2D eigenvalue weighted by molar-refractivity contribution is 6.00. The summed E-state index contributed by atoms with van der Waals surface area (Å²) in [7, 11) is 0. The van der Waals surface area contributed by atoms with Crippen LogP contribution < -0.4 is 20.3 Å². The number of carbonyl (C=O) groups excluding carboxylic acids is 2. The van der Waals surface area contributed by atoms with Crippen LogP contribution in [0.4, 0.5) is 0 Å². The van der Waals surface area contributed by atoms with Crippen molar-refractivity contribution >= 4 is 11.8 Å². The SMILES string of the molecule is C=CCOc1ccccc1C(=O)NNC(=O)c1ccc(OC(C)C)cc1. The van der Waals surface area contributed by atoms with E-state index in [-0.39, 0.29) is 12.7 Å². The summed E-state index contributed by atoms with van der Waals surface area (Å²) in [6.45, 7) is 7.70. The minimum Gasteiger partial charge on any atom is -0.491 e. The molecule has 0 saturated heterocycles. The molecule has 26 heavy (non-hydrogen) atoms. The number of amides is 2. The predicted octanol–water partition coefficient (Wildman–Crippen LogP) is 3.11. The Morgan fingerprint density at radius 2 is 1.69 bits per heavy atom. The molecule has 2 amide bonds. The van der Waals surface area contributed by atoms with E-state index in [9.17, 15) is 9.59 Å². The molecule has 0 aromatic heterocycles. The number of hydrazine groups is 1. The monoisotopic (exact) mass is 354 g/mol. The Labute approximate surface area is 152 Å². The van der Waals surface area contributed by atoms with Gasteiger partial charge in [-0.15, -0.1) is 0 Å². The van der Waals surface area contributed by atoms with Gasteiger partial charge in [0.05, 0.1) is 11.7 Å². The third kappa shape index (κ3) is 5.37. The van der Waals surface area contributed by atoms with Crippen LogP contribution in [0.2, 0.25) is 0 Å². The van der Waals surface area contributed by atoms with Gasteiger partial charge in [0, 0.05) is 5.56 Å². The first-order valence-electron chi connectivity index (χ1n) is 8.21. The summed E-state index contributed by atoms with van der Waals surface area (Å²) < 4.78 is 11.0. The maximum Gasteiger partial charge on any atom is 0.273 e. The first-order chi connectivity index (χ1) is 12.5. The van der Waals surface area contributed by atoms with Gasteiger partial charge in [-0.2, -0.15) is 0 Å². The van der Waals surface area contributed by atoms with Crippen molar-refractivity contribution in [3.8, 4) is 11.5 Å². The molecule has 0 heterocycles. The highest BCUT2D eigenvalue weighted by atomic mass is 16.5. The fourth-order valence-electron chi connectivity index (χ4n) is 2.14. The van der Waals surface area contributed by atoms with E-state index in [1.165, 1.54) is 0 Å². The van der Waals surface area contributed by atoms with Gasteiger partial charge < -0.3 is 9.47 Å². The normalized spacial score (nSPS) is 10.1. The molecule has 6 heteroatoms. The summed E-state index contributed by atoms with van der Waals surface area (Å²) in [5, 5.41) is 0. The zero-order valence-electron chi connectivity index (χ0n) is 14.8. The molecule has 0 aliphatic rings. The quantitative estimate of drug-likeness (QED) is 0.592. The van der Waals surface area contributed by atoms with Gasteiger partial charge in [0.2, 0.25) is 0 Å². The average molecular weight is 354 g/mol. The van der Waals surface area contributed by atoms with Crippen LogP contribution in [0.3, 0.4) is 0 Å². The number of hydrogen-bond acceptors (Lipinski definition) is 4. The third-order valence-electron chi connectivity index (χ3n) is 3.27. The predicted molar refractivity (Wildman–Crippen MR) is 99.3 cm³/mol. The number of rotatable bonds is 7. The van der Waals surface area contributed by atoms with Crippen molar-refractivity contribution in [1.29, 1.82) is 0 Å². The summed E-state index contributed by atoms with van der Waals surface area (Å²) in [6, 6.07) is 13.4. The summed E-state index contributed by atoms with van der Waals surface area (Å²) in [4.78, 5) is 24.4. The number of nitrogens with one attached hydrogen (secondary N) is 2. The van der Waals surface area contributed by atoms with E-state index in [0.29, 0.717) is 22.6 Å². The van der Waals surface area contributed by atoms with Crippen LogP contribution in [0.1, 0.15) is 34.6 Å². The minimum atomic E-state index is -0.474. The number of benzene rings is 2. The number of hydrogen-bond donors (Lipinski definition) is 2. The Morgan fingerprint density at radius 3 is 2.35 bits per heavy atom. The second kappa shape index (κ2) is 9.27. The highest BCUT2D eigenvalue weighted by Crippen LogP contribution is 2.17. The lowest BCUT2D eigenvalue weighted by molar-refractivity contribution is 0.0844. The van der Waals surface area contributed by atoms with Gasteiger partial charge in [-0.3, -0.25) is 20.4 Å². The Hall–Kier alpha value is -3.28. The molecule has 2 N–H and O–H groups in total. The second-order valence-corrected chi connectivity index (χ2v) is 5.70. The van der Waals surface area contributed by atoms with Crippen molar-refractivity contribution in [2.75, 3.05) is 6.61 Å². The molecule has 0 unspecified atom stereocenters. The van der Waals surface area contributed by atoms with Crippen molar-refractivity contribution in [1.82, 2.24) is 10.9 Å². The Kier molecular flexibility index (Phi) is 6.79. The van der Waals surface area contributed by atoms with E-state index in [1.54, 1.807) is 54.6 Å². The largest absolute Gasteiger partial charge is 0.491 e. The van der Waals surface area contributed by atoms with Gasteiger partial charge in [0.25, 0.3) is 11.8 Å². The maximum absolute atomic E-state index is 12.3. The van der Waals surface area contributed by atoms with E-state index in [1.807, 2.05) is 13.8 Å². The van der Waals surface area contributed by atoms with Crippen molar-refractivity contribution in [2.45, 2.75) is 20.0 Å². The van der Waals surface area contributed by atoms with E-state index in [4.69, 9.17) is 9.47 Å². The number of ether oxygens (including phenoxy) is 2. The molecule has 0 atom stereocenters. The summed E-state index contributed by atoms with van der Waals surface area (Å²) in [5.41, 5.74) is 5.49. The molecule has 0 aliphatic heterocycles. The third-order valence-corrected chi connectivity index (χ3v) is 3.27. The van der Waals surface area contributed by atoms with Crippen LogP contribution in [0.25, 0.3) is 0 Å². The Morgan fingerprint density at radius 1 is 1.04 bits per heavy atom. The molecule has 2 aromatic rings. The fraction of sp³-hybridized carbons (Fsp3) is 0.200. The zero-order chi connectivity index (χ0) is 18.9. The van der Waals surface area contributed by atoms with E-state index < -0.39 is 11.8 Å². The van der Waals surface area contributed by atoms with E-state index >= 15 is 0 Å². The summed E-state index contributed by atoms with van der Waals surface area (Å²) in [5.74, 6) is 0.180. The van der Waals surface area contributed by atoms with Crippen molar-refractivity contribution in [3.63, 3.8) is 0 Å². The summed E-state index contributed by atoms with van der Waals surface area (Å²) in [6.07, 6.45) is 1.64. The topological polar surface area (TPSA) is 76.7 Å². The smallest absolute Gasteiger partial charge is 0.273 e. The zero-order valence-corrected chi connectivity index (χ0v) is 14.8. The van der Waals surface area contributed by atoms with Crippen LogP contribution >= 0.6 is 0 Å². The van der Waals surface area contributed by atoms with Gasteiger partial charge in [0.1, 0.15) is 18.1 Å². The van der Waals surface area contributed by atoms with Gasteiger partial charge in [-0.25, -0.2) is 0 Å². The lowest BCUT2D eigenvalue weighted by Crippen LogP contribution is -2.41. The van der Waals surface area contributed by atoms with Crippen LogP contribution in [0, 0.1) is 0 Å². The maximum atomic E-state index is 12.3. The molecular formula is C20H22N2O4. The first kappa shape index (κ1) is 19.1. The van der Waals surface area contributed by atoms with Gasteiger partial charge in [-0.1, -0.05) is 24.8 Å². The molecule has 0 aliphatic carbocycles. The lowest BCUT2D eigenvalue weighted by atomic mass is 10.2. The number of carbonyl (C=O) groups is 2. The van der Waals surface area contributed by atoms with E-state index in [0.717, 1.165) is 0 Å². The molecule has 0 saturated carbocycles. The Bertz CT molecular complexity index is 770. The second-order valence-electron chi connectivity index (χ2n) is 5.70. The molecule has 0 spiro atoms. The van der Waals surface area contributed by atoms with Crippen molar-refractivity contribution in [2.24, 2.45) is 0 Å². The van der Waals surface area contributed by atoms with Gasteiger partial charge in [0.15, 0.2) is 0 Å². The highest BCUT2D eigenvalue weighted by Gasteiger charge is 2.13. The fourth-order valence-corrected chi connectivity index (χ4v) is 2.14. The molecule has 2 rings (SSSR count). The minimum absolute atomic E-state index is 0.0531. The Balaban J connectivity index is 1.96. The van der Waals surface area contributed by atoms with Crippen LogP contribution in [0.5, 0.6) is 11.5 Å². The molecule has 6 nitrogen and oxygen atoms in total. The molecule has 2 aromatic carbocycles. The summed E-state index contributed by atoms with van der Waals surface area (Å²) >= 11 is 0. The van der Waals surface area contributed by atoms with Crippen molar-refractivity contribution < 1.29 is 19.1 Å². The molecule has 0 fully saturated rings. The lowest BCUT2D eigenvalue weighted by Gasteiger charge is -2.12. The molecular weight excluding hydrogens is 332 g/mol. The molecule has 0 radical (unpaired) electrons. The van der Waals surface area contributed by atoms with Crippen LogP contribution in [0.15, 0.2) is 61.2 Å². The van der Waals surface area contributed by atoms with Crippen LogP contribution in [-0.4, -0.2) is 24.5 Å². The van der Waals surface area contributed by atoms with E-state index in [2.05, 4.69) is 17.4 Å². The first-order valence-corrected chi connectivity index (χ1v) is 8.21. The van der Waals surface area contributed by atoms with Crippen LogP contribution in [-0.2, 0) is 0 Å². The molecule has 0 bridgehead atoms. The van der Waals surface area contributed by atoms with Gasteiger partial charge >= 0.3 is 0 Å². The average Bonchev–Trinajstić information content (AvgIpc) is 2.64. The standard InChI is InChI=1S/C20H22N2O4/c1-4-13-25-18-8-6-5-7-17(18)20(24)22-21-19(23)15-9-11-16(12-10-15)26-14(2)3/h4-12,14H,1,13H2,2-3H3,(H,21,23)(H,22,24). The van der Waals surface area contributed by atoms with Gasteiger partial charge in [-0.05, 0) is 50.2 Å². The number of para-hydroxylation sites is 1. The molecule has 136 valence electrons.